The third-order valence-corrected chi connectivity index (χ3v) is 4.02. The van der Waals surface area contributed by atoms with Crippen LogP contribution in [0.1, 0.15) is 22.3 Å². The fraction of sp³-hybridized carbons (Fsp3) is 0.211. The van der Waals surface area contributed by atoms with Crippen molar-refractivity contribution in [1.82, 2.24) is 5.32 Å². The van der Waals surface area contributed by atoms with Crippen molar-refractivity contribution in [2.45, 2.75) is 26.8 Å². The van der Waals surface area contributed by atoms with Crippen molar-refractivity contribution >= 4 is 16.9 Å². The second kappa shape index (κ2) is 6.24. The van der Waals surface area contributed by atoms with Gasteiger partial charge < -0.3 is 9.73 Å². The molecule has 0 radical (unpaired) electrons. The van der Waals surface area contributed by atoms with Crippen LogP contribution in [0.3, 0.4) is 0 Å². The molecular weight excluding hydrogens is 293 g/mol. The zero-order valence-corrected chi connectivity index (χ0v) is 13.2. The van der Waals surface area contributed by atoms with Crippen LogP contribution in [0.15, 0.2) is 47.1 Å². The molecule has 2 aromatic carbocycles. The lowest BCUT2D eigenvalue weighted by atomic mass is 10.0. The molecule has 0 unspecified atom stereocenters. The van der Waals surface area contributed by atoms with Crippen LogP contribution in [-0.2, 0) is 17.8 Å². The van der Waals surface area contributed by atoms with Gasteiger partial charge in [0.1, 0.15) is 11.4 Å². The van der Waals surface area contributed by atoms with E-state index in [4.69, 9.17) is 4.42 Å². The van der Waals surface area contributed by atoms with Crippen molar-refractivity contribution < 1.29 is 13.6 Å². The highest BCUT2D eigenvalue weighted by Crippen LogP contribution is 2.25. The Labute approximate surface area is 134 Å². The monoisotopic (exact) mass is 311 g/mol. The summed E-state index contributed by atoms with van der Waals surface area (Å²) in [5.41, 5.74) is 4.88. The van der Waals surface area contributed by atoms with Gasteiger partial charge in [-0.15, -0.1) is 0 Å². The van der Waals surface area contributed by atoms with Gasteiger partial charge in [0, 0.05) is 17.5 Å². The standard InChI is InChI=1S/C19H18FNO2/c1-12-7-17-15(11-23-18(17)8-13(12)2)9-19(22)21-10-14-3-5-16(20)6-4-14/h3-8,11H,9-10H2,1-2H3,(H,21,22). The Morgan fingerprint density at radius 3 is 2.57 bits per heavy atom. The molecule has 0 bridgehead atoms. The van der Waals surface area contributed by atoms with Gasteiger partial charge in [-0.25, -0.2) is 4.39 Å². The molecule has 0 aliphatic rings. The molecule has 1 aromatic heterocycles. The van der Waals surface area contributed by atoms with Gasteiger partial charge in [-0.05, 0) is 54.8 Å². The Balaban J connectivity index is 1.68. The number of furan rings is 1. The lowest BCUT2D eigenvalue weighted by Gasteiger charge is -2.05. The molecule has 3 nitrogen and oxygen atoms in total. The van der Waals surface area contributed by atoms with Crippen molar-refractivity contribution in [3.8, 4) is 0 Å². The zero-order valence-electron chi connectivity index (χ0n) is 13.2. The van der Waals surface area contributed by atoms with Gasteiger partial charge in [-0.2, -0.15) is 0 Å². The minimum absolute atomic E-state index is 0.0877. The number of fused-ring (bicyclic) bond motifs is 1. The number of amides is 1. The minimum atomic E-state index is -0.282. The van der Waals surface area contributed by atoms with E-state index in [9.17, 15) is 9.18 Å². The summed E-state index contributed by atoms with van der Waals surface area (Å²) in [6.07, 6.45) is 1.90. The summed E-state index contributed by atoms with van der Waals surface area (Å²) in [6.45, 7) is 4.46. The molecular formula is C19H18FNO2. The third-order valence-electron chi connectivity index (χ3n) is 4.02. The van der Waals surface area contributed by atoms with Crippen molar-refractivity contribution in [2.24, 2.45) is 0 Å². The highest BCUT2D eigenvalue weighted by molar-refractivity contribution is 5.88. The normalized spacial score (nSPS) is 10.9. The molecule has 4 heteroatoms. The molecule has 3 rings (SSSR count). The molecule has 0 saturated heterocycles. The quantitative estimate of drug-likeness (QED) is 0.790. The van der Waals surface area contributed by atoms with Crippen LogP contribution in [0.4, 0.5) is 4.39 Å². The Hall–Kier alpha value is -2.62. The molecule has 118 valence electrons. The van der Waals surface area contributed by atoms with Crippen LogP contribution in [0.25, 0.3) is 11.0 Å². The summed E-state index contributed by atoms with van der Waals surface area (Å²) in [5.74, 6) is -0.370. The average Bonchev–Trinajstić information content (AvgIpc) is 2.89. The molecule has 1 heterocycles. The molecule has 1 N–H and O–H groups in total. The number of halogens is 1. The van der Waals surface area contributed by atoms with E-state index < -0.39 is 0 Å². The lowest BCUT2D eigenvalue weighted by Crippen LogP contribution is -2.24. The number of hydrogen-bond acceptors (Lipinski definition) is 2. The summed E-state index contributed by atoms with van der Waals surface area (Å²) >= 11 is 0. The summed E-state index contributed by atoms with van der Waals surface area (Å²) in [6, 6.07) is 10.1. The maximum Gasteiger partial charge on any atom is 0.224 e. The smallest absolute Gasteiger partial charge is 0.224 e. The molecule has 0 aliphatic heterocycles. The van der Waals surface area contributed by atoms with Crippen LogP contribution >= 0.6 is 0 Å². The third kappa shape index (κ3) is 3.42. The van der Waals surface area contributed by atoms with Crippen molar-refractivity contribution in [2.75, 3.05) is 0 Å². The molecule has 3 aromatic rings. The summed E-state index contributed by atoms with van der Waals surface area (Å²) in [7, 11) is 0. The second-order valence-corrected chi connectivity index (χ2v) is 5.77. The summed E-state index contributed by atoms with van der Waals surface area (Å²) < 4.78 is 18.4. The fourth-order valence-corrected chi connectivity index (χ4v) is 2.51. The predicted octanol–water partition coefficient (Wildman–Crippen LogP) is 4.05. The Morgan fingerprint density at radius 1 is 1.13 bits per heavy atom. The van der Waals surface area contributed by atoms with E-state index in [2.05, 4.69) is 11.4 Å². The molecule has 1 amide bonds. The van der Waals surface area contributed by atoms with Crippen LogP contribution in [0, 0.1) is 19.7 Å². The summed E-state index contributed by atoms with van der Waals surface area (Å²) in [4.78, 5) is 12.1. The van der Waals surface area contributed by atoms with E-state index in [1.54, 1.807) is 18.4 Å². The van der Waals surface area contributed by atoms with Crippen molar-refractivity contribution in [3.05, 3.63) is 70.7 Å². The number of benzene rings is 2. The molecule has 0 aliphatic carbocycles. The van der Waals surface area contributed by atoms with Gasteiger partial charge >= 0.3 is 0 Å². The van der Waals surface area contributed by atoms with Gasteiger partial charge in [0.05, 0.1) is 12.7 Å². The molecule has 0 spiro atoms. The van der Waals surface area contributed by atoms with Gasteiger partial charge in [0.25, 0.3) is 0 Å². The Morgan fingerprint density at radius 2 is 1.83 bits per heavy atom. The number of hydrogen-bond donors (Lipinski definition) is 1. The molecule has 0 atom stereocenters. The Kier molecular flexibility index (Phi) is 4.15. The van der Waals surface area contributed by atoms with E-state index >= 15 is 0 Å². The number of nitrogens with one attached hydrogen (secondary N) is 1. The van der Waals surface area contributed by atoms with Crippen LogP contribution < -0.4 is 5.32 Å². The molecule has 23 heavy (non-hydrogen) atoms. The first-order chi connectivity index (χ1) is 11.0. The Bertz CT molecular complexity index is 850. The van der Waals surface area contributed by atoms with E-state index in [0.717, 1.165) is 22.1 Å². The minimum Gasteiger partial charge on any atom is -0.464 e. The van der Waals surface area contributed by atoms with Crippen LogP contribution in [-0.4, -0.2) is 5.91 Å². The van der Waals surface area contributed by atoms with Crippen LogP contribution in [0.5, 0.6) is 0 Å². The number of aryl methyl sites for hydroxylation is 2. The number of rotatable bonds is 4. The van der Waals surface area contributed by atoms with Crippen LogP contribution in [0.2, 0.25) is 0 Å². The highest BCUT2D eigenvalue weighted by atomic mass is 19.1. The van der Waals surface area contributed by atoms with E-state index in [-0.39, 0.29) is 18.1 Å². The first kappa shape index (κ1) is 15.3. The lowest BCUT2D eigenvalue weighted by molar-refractivity contribution is -0.120. The van der Waals surface area contributed by atoms with Gasteiger partial charge in [0.2, 0.25) is 5.91 Å². The predicted molar refractivity (Wildman–Crippen MR) is 87.6 cm³/mol. The first-order valence-electron chi connectivity index (χ1n) is 7.51. The highest BCUT2D eigenvalue weighted by Gasteiger charge is 2.11. The maximum absolute atomic E-state index is 12.8. The molecule has 0 saturated carbocycles. The van der Waals surface area contributed by atoms with E-state index in [1.807, 2.05) is 19.9 Å². The summed E-state index contributed by atoms with van der Waals surface area (Å²) in [5, 5.41) is 3.82. The number of carbonyl (C=O) groups is 1. The largest absolute Gasteiger partial charge is 0.464 e. The van der Waals surface area contributed by atoms with Gasteiger partial charge in [-0.1, -0.05) is 12.1 Å². The average molecular weight is 311 g/mol. The first-order valence-corrected chi connectivity index (χ1v) is 7.51. The van der Waals surface area contributed by atoms with Crippen molar-refractivity contribution in [3.63, 3.8) is 0 Å². The SMILES string of the molecule is Cc1cc2occ(CC(=O)NCc3ccc(F)cc3)c2cc1C. The fourth-order valence-electron chi connectivity index (χ4n) is 2.51. The zero-order chi connectivity index (χ0) is 16.4. The van der Waals surface area contributed by atoms with E-state index in [1.165, 1.54) is 23.3 Å². The topological polar surface area (TPSA) is 42.2 Å². The molecule has 0 fully saturated rings. The van der Waals surface area contributed by atoms with Crippen molar-refractivity contribution in [1.29, 1.82) is 0 Å². The van der Waals surface area contributed by atoms with Gasteiger partial charge in [-0.3, -0.25) is 4.79 Å². The maximum atomic E-state index is 12.8. The van der Waals surface area contributed by atoms with E-state index in [0.29, 0.717) is 6.54 Å². The second-order valence-electron chi connectivity index (χ2n) is 5.77. The van der Waals surface area contributed by atoms with Gasteiger partial charge in [0.15, 0.2) is 0 Å². The number of carbonyl (C=O) groups excluding carboxylic acids is 1.